The molecule has 2 aliphatic rings. The number of benzene rings is 1. The summed E-state index contributed by atoms with van der Waals surface area (Å²) in [6, 6.07) is 10.5. The zero-order chi connectivity index (χ0) is 25.8. The predicted molar refractivity (Wildman–Crippen MR) is 143 cm³/mol. The van der Waals surface area contributed by atoms with Crippen LogP contribution in [0.5, 0.6) is 0 Å². The predicted octanol–water partition coefficient (Wildman–Crippen LogP) is 2.73. The molecule has 0 saturated carbocycles. The zero-order valence-electron chi connectivity index (χ0n) is 21.7. The summed E-state index contributed by atoms with van der Waals surface area (Å²) < 4.78 is 12.6. The summed E-state index contributed by atoms with van der Waals surface area (Å²) in [4.78, 5) is 14.1. The fraction of sp³-hybridized carbons (Fsp3) is 0.310. The van der Waals surface area contributed by atoms with E-state index in [1.54, 1.807) is 14.2 Å². The Labute approximate surface area is 216 Å². The molecule has 3 aromatic rings. The first-order chi connectivity index (χ1) is 18.0. The molecule has 0 saturated heterocycles. The number of ether oxygens (including phenoxy) is 2. The molecule has 190 valence electrons. The number of rotatable bonds is 8. The molecule has 1 unspecified atom stereocenters. The molecule has 5 rings (SSSR count). The molecule has 8 nitrogen and oxygen atoms in total. The van der Waals surface area contributed by atoms with E-state index in [0.717, 1.165) is 42.4 Å². The van der Waals surface area contributed by atoms with E-state index in [9.17, 15) is 0 Å². The molecule has 1 aliphatic heterocycles. The summed E-state index contributed by atoms with van der Waals surface area (Å²) in [6.45, 7) is 3.82. The summed E-state index contributed by atoms with van der Waals surface area (Å²) in [7, 11) is 3.24. The van der Waals surface area contributed by atoms with Crippen LogP contribution in [0.4, 0.5) is 0 Å². The summed E-state index contributed by atoms with van der Waals surface area (Å²) in [6.07, 6.45) is 14.0. The van der Waals surface area contributed by atoms with Crippen LogP contribution >= 0.6 is 0 Å². The van der Waals surface area contributed by atoms with Crippen molar-refractivity contribution in [3.8, 4) is 5.82 Å². The average molecular weight is 497 g/mol. The number of nitrogens with zero attached hydrogens (tertiary/aromatic N) is 5. The zero-order valence-corrected chi connectivity index (χ0v) is 21.7. The third kappa shape index (κ3) is 5.63. The van der Waals surface area contributed by atoms with E-state index in [0.29, 0.717) is 23.9 Å². The topological polar surface area (TPSA) is 87.0 Å². The van der Waals surface area contributed by atoms with Crippen LogP contribution in [0.2, 0.25) is 0 Å². The van der Waals surface area contributed by atoms with E-state index in [2.05, 4.69) is 52.9 Å². The molecule has 1 atom stereocenters. The molecule has 0 amide bonds. The molecule has 0 bridgehead atoms. The summed E-state index contributed by atoms with van der Waals surface area (Å²) in [5, 5.41) is 10.6. The van der Waals surface area contributed by atoms with Crippen molar-refractivity contribution in [2.75, 3.05) is 14.2 Å². The number of allylic oxidation sites excluding steroid dienone is 3. The fourth-order valence-corrected chi connectivity index (χ4v) is 4.67. The highest BCUT2D eigenvalue weighted by atomic mass is 16.5. The van der Waals surface area contributed by atoms with Gasteiger partial charge >= 0.3 is 0 Å². The maximum Gasteiger partial charge on any atom is 0.230 e. The van der Waals surface area contributed by atoms with E-state index in [1.807, 2.05) is 36.7 Å². The number of aryl methyl sites for hydroxylation is 3. The first-order valence-corrected chi connectivity index (χ1v) is 12.5. The molecule has 2 aromatic heterocycles. The Hall–Kier alpha value is -4.20. The van der Waals surface area contributed by atoms with Crippen molar-refractivity contribution in [3.05, 3.63) is 99.4 Å². The van der Waals surface area contributed by atoms with Gasteiger partial charge in [0.1, 0.15) is 17.5 Å². The third-order valence-electron chi connectivity index (χ3n) is 6.50. The van der Waals surface area contributed by atoms with Crippen molar-refractivity contribution in [1.29, 1.82) is 0 Å². The first-order valence-electron chi connectivity index (χ1n) is 12.5. The van der Waals surface area contributed by atoms with Crippen molar-refractivity contribution in [3.63, 3.8) is 0 Å². The highest BCUT2D eigenvalue weighted by molar-refractivity contribution is 5.47. The summed E-state index contributed by atoms with van der Waals surface area (Å²) >= 11 is 0. The van der Waals surface area contributed by atoms with Crippen LogP contribution in [-0.2, 0) is 22.3 Å². The fourth-order valence-electron chi connectivity index (χ4n) is 4.67. The smallest absolute Gasteiger partial charge is 0.230 e. The molecule has 8 heteroatoms. The lowest BCUT2D eigenvalue weighted by atomic mass is 10.0. The number of hydrogen-bond donors (Lipinski definition) is 1. The molecule has 37 heavy (non-hydrogen) atoms. The largest absolute Gasteiger partial charge is 0.491 e. The Morgan fingerprint density at radius 1 is 0.973 bits per heavy atom. The Balaban J connectivity index is 1.33. The maximum atomic E-state index is 5.44. The van der Waals surface area contributed by atoms with Gasteiger partial charge in [0.15, 0.2) is 11.6 Å². The second-order valence-electron chi connectivity index (χ2n) is 9.20. The SMILES string of the molecule is COC1=C(OC)NC(Cc2nc(C)nn2-c2cc(CCC3=CC=c4ccccc4=CC3)nc(C)n2)C=C1. The maximum absolute atomic E-state index is 5.44. The minimum absolute atomic E-state index is 0.0163. The van der Waals surface area contributed by atoms with Crippen molar-refractivity contribution >= 4 is 12.2 Å². The summed E-state index contributed by atoms with van der Waals surface area (Å²) in [5.41, 5.74) is 2.38. The molecule has 1 aliphatic carbocycles. The van der Waals surface area contributed by atoms with Crippen molar-refractivity contribution in [2.45, 2.75) is 45.6 Å². The molecule has 3 heterocycles. The molecule has 0 fully saturated rings. The molecular formula is C29H32N6O2. The number of methoxy groups -OCH3 is 2. The van der Waals surface area contributed by atoms with Gasteiger partial charge in [-0.05, 0) is 49.6 Å². The van der Waals surface area contributed by atoms with E-state index >= 15 is 0 Å². The van der Waals surface area contributed by atoms with E-state index in [1.165, 1.54) is 16.0 Å². The molecule has 1 aromatic carbocycles. The molecule has 0 spiro atoms. The monoisotopic (exact) mass is 496 g/mol. The number of hydrogen-bond acceptors (Lipinski definition) is 7. The normalized spacial score (nSPS) is 16.6. The van der Waals surface area contributed by atoms with E-state index < -0.39 is 0 Å². The van der Waals surface area contributed by atoms with Crippen LogP contribution < -0.4 is 15.8 Å². The Morgan fingerprint density at radius 2 is 1.81 bits per heavy atom. The first kappa shape index (κ1) is 24.5. The summed E-state index contributed by atoms with van der Waals surface area (Å²) in [5.74, 6) is 4.23. The molecular weight excluding hydrogens is 464 g/mol. The Morgan fingerprint density at radius 3 is 2.62 bits per heavy atom. The number of dihydropyridines is 1. The lowest BCUT2D eigenvalue weighted by Crippen LogP contribution is -2.33. The third-order valence-corrected chi connectivity index (χ3v) is 6.50. The second kappa shape index (κ2) is 10.8. The minimum Gasteiger partial charge on any atom is -0.491 e. The Bertz CT molecular complexity index is 1520. The lowest BCUT2D eigenvalue weighted by Gasteiger charge is -2.23. The van der Waals surface area contributed by atoms with Gasteiger partial charge in [-0.25, -0.2) is 15.0 Å². The lowest BCUT2D eigenvalue weighted by molar-refractivity contribution is 0.201. The van der Waals surface area contributed by atoms with E-state index in [4.69, 9.17) is 24.4 Å². The van der Waals surface area contributed by atoms with Gasteiger partial charge in [-0.1, -0.05) is 54.1 Å². The van der Waals surface area contributed by atoms with Crippen LogP contribution in [0.3, 0.4) is 0 Å². The van der Waals surface area contributed by atoms with Gasteiger partial charge < -0.3 is 14.8 Å². The minimum atomic E-state index is -0.0163. The van der Waals surface area contributed by atoms with Gasteiger partial charge in [0.2, 0.25) is 5.88 Å². The van der Waals surface area contributed by atoms with Crippen LogP contribution in [0.25, 0.3) is 18.0 Å². The van der Waals surface area contributed by atoms with Gasteiger partial charge in [0.25, 0.3) is 0 Å². The average Bonchev–Trinajstić information content (AvgIpc) is 3.14. The standard InChI is InChI=1S/C29H32N6O2/c1-19-30-24(14-11-21-9-12-22-7-5-6-8-23(22)13-10-21)17-27(31-19)35-28(32-20(2)34-35)18-25-15-16-26(36-3)29(33-25)37-4/h5-9,12-13,15-17,25,33H,10-11,14,18H2,1-4H3. The van der Waals surface area contributed by atoms with Crippen LogP contribution in [-0.4, -0.2) is 45.0 Å². The van der Waals surface area contributed by atoms with Gasteiger partial charge in [0.05, 0.1) is 20.3 Å². The number of fused-ring (bicyclic) bond motifs is 1. The van der Waals surface area contributed by atoms with Crippen LogP contribution in [0.15, 0.2) is 65.8 Å². The van der Waals surface area contributed by atoms with E-state index in [-0.39, 0.29) is 6.04 Å². The quantitative estimate of drug-likeness (QED) is 0.513. The molecule has 1 N–H and O–H groups in total. The second-order valence-corrected chi connectivity index (χ2v) is 9.20. The van der Waals surface area contributed by atoms with Crippen molar-refractivity contribution in [1.82, 2.24) is 30.0 Å². The van der Waals surface area contributed by atoms with Crippen LogP contribution in [0, 0.1) is 13.8 Å². The van der Waals surface area contributed by atoms with Gasteiger partial charge in [-0.3, -0.25) is 0 Å². The van der Waals surface area contributed by atoms with Gasteiger partial charge in [0, 0.05) is 18.2 Å². The Kier molecular flexibility index (Phi) is 7.16. The van der Waals surface area contributed by atoms with Crippen molar-refractivity contribution < 1.29 is 9.47 Å². The highest BCUT2D eigenvalue weighted by Gasteiger charge is 2.21. The van der Waals surface area contributed by atoms with Gasteiger partial charge in [-0.15, -0.1) is 5.10 Å². The number of nitrogens with one attached hydrogen (secondary N) is 1. The van der Waals surface area contributed by atoms with Crippen LogP contribution in [0.1, 0.15) is 36.0 Å². The van der Waals surface area contributed by atoms with Gasteiger partial charge in [-0.2, -0.15) is 4.68 Å². The number of aromatic nitrogens is 5. The molecule has 0 radical (unpaired) electrons. The van der Waals surface area contributed by atoms with Crippen molar-refractivity contribution in [2.24, 2.45) is 0 Å². The highest BCUT2D eigenvalue weighted by Crippen LogP contribution is 2.19.